The molecule has 0 aliphatic carbocycles. The van der Waals surface area contributed by atoms with Gasteiger partial charge >= 0.3 is 0 Å². The van der Waals surface area contributed by atoms with Gasteiger partial charge in [0.25, 0.3) is 5.91 Å². The molecule has 0 spiro atoms. The van der Waals surface area contributed by atoms with Crippen LogP contribution in [0, 0.1) is 0 Å². The fourth-order valence-electron chi connectivity index (χ4n) is 3.09. The number of amides is 1. The van der Waals surface area contributed by atoms with Gasteiger partial charge in [0.05, 0.1) is 6.26 Å². The molecule has 1 aromatic heterocycles. The van der Waals surface area contributed by atoms with E-state index in [0.717, 1.165) is 37.0 Å². The Morgan fingerprint density at radius 3 is 2.57 bits per heavy atom. The van der Waals surface area contributed by atoms with Crippen LogP contribution in [-0.2, 0) is 6.42 Å². The van der Waals surface area contributed by atoms with Crippen LogP contribution < -0.4 is 5.32 Å². The quantitative estimate of drug-likeness (QED) is 0.375. The summed E-state index contributed by atoms with van der Waals surface area (Å²) < 4.78 is 5.21. The molecule has 28 heavy (non-hydrogen) atoms. The van der Waals surface area contributed by atoms with E-state index in [9.17, 15) is 4.79 Å². The van der Waals surface area contributed by atoms with E-state index in [1.54, 1.807) is 12.1 Å². The van der Waals surface area contributed by atoms with Crippen LogP contribution >= 0.6 is 35.6 Å². The number of rotatable bonds is 5. The zero-order valence-electron chi connectivity index (χ0n) is 15.9. The number of nitrogens with zero attached hydrogens (tertiary/aromatic N) is 3. The second-order valence-electron chi connectivity index (χ2n) is 6.37. The maximum absolute atomic E-state index is 12.4. The van der Waals surface area contributed by atoms with Crippen molar-refractivity contribution in [3.8, 4) is 0 Å². The van der Waals surface area contributed by atoms with Gasteiger partial charge in [-0.25, -0.2) is 0 Å². The van der Waals surface area contributed by atoms with Gasteiger partial charge in [0.1, 0.15) is 0 Å². The number of carbonyl (C=O) groups excluding carboxylic acids is 1. The lowest BCUT2D eigenvalue weighted by molar-refractivity contribution is 0.0657. The Kier molecular flexibility index (Phi) is 9.11. The summed E-state index contributed by atoms with van der Waals surface area (Å²) in [5.41, 5.74) is 1.18. The van der Waals surface area contributed by atoms with E-state index >= 15 is 0 Å². The molecule has 8 heteroatoms. The normalized spacial score (nSPS) is 14.6. The third kappa shape index (κ3) is 6.13. The van der Waals surface area contributed by atoms with Crippen LogP contribution in [-0.4, -0.2) is 60.9 Å². The molecular weight excluding hydrogens is 491 g/mol. The first-order chi connectivity index (χ1) is 13.2. The van der Waals surface area contributed by atoms with E-state index in [1.165, 1.54) is 11.8 Å². The Morgan fingerprint density at radius 1 is 1.18 bits per heavy atom. The average Bonchev–Trinajstić information content (AvgIpc) is 3.22. The Morgan fingerprint density at radius 2 is 1.93 bits per heavy atom. The SMILES string of the molecule is CCNC(=NCCc1cccc(Cl)c1)N1CCN(C(=O)c2ccco2)CC1.I. The minimum atomic E-state index is -0.0532. The molecule has 0 unspecified atom stereocenters. The van der Waals surface area contributed by atoms with Crippen LogP contribution in [0.5, 0.6) is 0 Å². The summed E-state index contributed by atoms with van der Waals surface area (Å²) in [6.07, 6.45) is 2.37. The molecule has 0 radical (unpaired) electrons. The highest BCUT2D eigenvalue weighted by molar-refractivity contribution is 14.0. The molecule has 0 bridgehead atoms. The molecule has 0 saturated carbocycles. The predicted molar refractivity (Wildman–Crippen MR) is 123 cm³/mol. The molecule has 6 nitrogen and oxygen atoms in total. The first kappa shape index (κ1) is 22.5. The Balaban J connectivity index is 0.00000280. The van der Waals surface area contributed by atoms with E-state index in [0.29, 0.717) is 25.4 Å². The van der Waals surface area contributed by atoms with Crippen molar-refractivity contribution in [1.82, 2.24) is 15.1 Å². The molecule has 1 amide bonds. The van der Waals surface area contributed by atoms with E-state index in [1.807, 2.05) is 23.1 Å². The van der Waals surface area contributed by atoms with Crippen molar-refractivity contribution < 1.29 is 9.21 Å². The molecule has 1 fully saturated rings. The molecule has 3 rings (SSSR count). The number of carbonyl (C=O) groups is 1. The van der Waals surface area contributed by atoms with Crippen molar-refractivity contribution in [2.75, 3.05) is 39.3 Å². The van der Waals surface area contributed by atoms with Gasteiger partial charge in [0.15, 0.2) is 11.7 Å². The molecule has 1 aliphatic rings. The number of piperazine rings is 1. The van der Waals surface area contributed by atoms with Crippen LogP contribution in [0.3, 0.4) is 0 Å². The number of benzene rings is 1. The van der Waals surface area contributed by atoms with Gasteiger partial charge in [-0.3, -0.25) is 9.79 Å². The van der Waals surface area contributed by atoms with Gasteiger partial charge in [-0.1, -0.05) is 23.7 Å². The Hall–Kier alpha value is -1.74. The van der Waals surface area contributed by atoms with Gasteiger partial charge in [0.2, 0.25) is 0 Å². The molecule has 1 saturated heterocycles. The minimum Gasteiger partial charge on any atom is -0.459 e. The summed E-state index contributed by atoms with van der Waals surface area (Å²) in [6, 6.07) is 11.3. The smallest absolute Gasteiger partial charge is 0.289 e. The van der Waals surface area contributed by atoms with Gasteiger partial charge in [-0.2, -0.15) is 0 Å². The number of hydrogen-bond acceptors (Lipinski definition) is 3. The number of aliphatic imine (C=N–C) groups is 1. The molecular formula is C20H26ClIN4O2. The van der Waals surface area contributed by atoms with E-state index in [4.69, 9.17) is 21.0 Å². The lowest BCUT2D eigenvalue weighted by Gasteiger charge is -2.36. The highest BCUT2D eigenvalue weighted by atomic mass is 127. The average molecular weight is 517 g/mol. The number of nitrogens with one attached hydrogen (secondary N) is 1. The van der Waals surface area contributed by atoms with Crippen molar-refractivity contribution in [2.24, 2.45) is 4.99 Å². The molecule has 0 atom stereocenters. The lowest BCUT2D eigenvalue weighted by atomic mass is 10.1. The molecule has 2 heterocycles. The van der Waals surface area contributed by atoms with Gasteiger partial charge < -0.3 is 19.5 Å². The Labute approximate surface area is 187 Å². The third-order valence-electron chi connectivity index (χ3n) is 4.48. The molecule has 1 aromatic carbocycles. The van der Waals surface area contributed by atoms with Crippen molar-refractivity contribution >= 4 is 47.4 Å². The van der Waals surface area contributed by atoms with E-state index in [-0.39, 0.29) is 29.9 Å². The zero-order valence-corrected chi connectivity index (χ0v) is 19.0. The highest BCUT2D eigenvalue weighted by Gasteiger charge is 2.25. The monoisotopic (exact) mass is 516 g/mol. The molecule has 2 aromatic rings. The molecule has 1 N–H and O–H groups in total. The van der Waals surface area contributed by atoms with E-state index in [2.05, 4.69) is 23.2 Å². The van der Waals surface area contributed by atoms with Crippen molar-refractivity contribution in [3.63, 3.8) is 0 Å². The minimum absolute atomic E-state index is 0. The largest absolute Gasteiger partial charge is 0.459 e. The predicted octanol–water partition coefficient (Wildman–Crippen LogP) is 3.52. The van der Waals surface area contributed by atoms with Crippen molar-refractivity contribution in [1.29, 1.82) is 0 Å². The maximum atomic E-state index is 12.4. The highest BCUT2D eigenvalue weighted by Crippen LogP contribution is 2.12. The summed E-state index contributed by atoms with van der Waals surface area (Å²) in [5.74, 6) is 1.23. The van der Waals surface area contributed by atoms with Crippen molar-refractivity contribution in [3.05, 3.63) is 59.0 Å². The number of halogens is 2. The zero-order chi connectivity index (χ0) is 19.1. The Bertz CT molecular complexity index is 774. The van der Waals surface area contributed by atoms with Gasteiger partial charge in [0, 0.05) is 44.3 Å². The first-order valence-corrected chi connectivity index (χ1v) is 9.65. The van der Waals surface area contributed by atoms with E-state index < -0.39 is 0 Å². The van der Waals surface area contributed by atoms with Crippen molar-refractivity contribution in [2.45, 2.75) is 13.3 Å². The summed E-state index contributed by atoms with van der Waals surface area (Å²) in [6.45, 7) is 6.35. The van der Waals surface area contributed by atoms with Crippen LogP contribution in [0.4, 0.5) is 0 Å². The number of hydrogen-bond donors (Lipinski definition) is 1. The second-order valence-corrected chi connectivity index (χ2v) is 6.81. The topological polar surface area (TPSA) is 61.1 Å². The molecule has 152 valence electrons. The van der Waals surface area contributed by atoms with Gasteiger partial charge in [-0.05, 0) is 43.2 Å². The fourth-order valence-corrected chi connectivity index (χ4v) is 3.30. The summed E-state index contributed by atoms with van der Waals surface area (Å²) >= 11 is 6.04. The third-order valence-corrected chi connectivity index (χ3v) is 4.72. The number of furan rings is 1. The summed E-state index contributed by atoms with van der Waals surface area (Å²) in [7, 11) is 0. The van der Waals surface area contributed by atoms with Crippen LogP contribution in [0.25, 0.3) is 0 Å². The number of guanidine groups is 1. The lowest BCUT2D eigenvalue weighted by Crippen LogP contribution is -2.53. The first-order valence-electron chi connectivity index (χ1n) is 9.28. The van der Waals surface area contributed by atoms with Crippen LogP contribution in [0.2, 0.25) is 5.02 Å². The standard InChI is InChI=1S/C20H25ClN4O2.HI/c1-2-22-20(23-9-8-16-5-3-6-17(21)15-16)25-12-10-24(11-13-25)19(26)18-7-4-14-27-18;/h3-7,14-15H,2,8-13H2,1H3,(H,22,23);1H. The fraction of sp³-hybridized carbons (Fsp3) is 0.400. The van der Waals surface area contributed by atoms with Crippen LogP contribution in [0.1, 0.15) is 23.0 Å². The maximum Gasteiger partial charge on any atom is 0.289 e. The second kappa shape index (κ2) is 11.3. The van der Waals surface area contributed by atoms with Crippen LogP contribution in [0.15, 0.2) is 52.1 Å². The van der Waals surface area contributed by atoms with Gasteiger partial charge in [-0.15, -0.1) is 24.0 Å². The summed E-state index contributed by atoms with van der Waals surface area (Å²) in [5, 5.41) is 4.10. The molecule has 1 aliphatic heterocycles. The summed E-state index contributed by atoms with van der Waals surface area (Å²) in [4.78, 5) is 21.2.